The Morgan fingerprint density at radius 1 is 1.36 bits per heavy atom. The minimum Gasteiger partial charge on any atom is -0.340 e. The summed E-state index contributed by atoms with van der Waals surface area (Å²) in [7, 11) is 2.12. The first kappa shape index (κ1) is 11.9. The van der Waals surface area contributed by atoms with Crippen LogP contribution in [0.3, 0.4) is 0 Å². The maximum Gasteiger partial charge on any atom is 0.223 e. The topological polar surface area (TPSA) is 23.6 Å². The van der Waals surface area contributed by atoms with Gasteiger partial charge in [0, 0.05) is 31.6 Å². The van der Waals surface area contributed by atoms with E-state index in [1.807, 2.05) is 4.90 Å². The molecule has 2 atom stereocenters. The van der Waals surface area contributed by atoms with Crippen molar-refractivity contribution in [1.82, 2.24) is 9.80 Å². The van der Waals surface area contributed by atoms with Gasteiger partial charge in [-0.15, -0.1) is 0 Å². The van der Waals surface area contributed by atoms with Crippen molar-refractivity contribution in [3.63, 3.8) is 0 Å². The van der Waals surface area contributed by atoms with Gasteiger partial charge < -0.3 is 4.90 Å². The third-order valence-corrected chi connectivity index (χ3v) is 3.26. The number of rotatable bonds is 2. The molecule has 0 spiro atoms. The molecule has 3 nitrogen and oxygen atoms in total. The van der Waals surface area contributed by atoms with Crippen LogP contribution >= 0.6 is 12.6 Å². The number of likely N-dealkylation sites (N-methyl/N-ethyl adjacent to an activating group) is 1. The van der Waals surface area contributed by atoms with Gasteiger partial charge in [-0.25, -0.2) is 0 Å². The molecular formula is C10H20N2OS. The van der Waals surface area contributed by atoms with Crippen molar-refractivity contribution in [2.24, 2.45) is 0 Å². The van der Waals surface area contributed by atoms with Crippen LogP contribution in [-0.4, -0.2) is 53.7 Å². The van der Waals surface area contributed by atoms with Crippen LogP contribution in [0.15, 0.2) is 0 Å². The number of nitrogens with zero attached hydrogens (tertiary/aromatic N) is 2. The standard InChI is InChI=1S/C10H20N2OS/c1-8-6-12(10(13)4-5-14)7-9(2)11(8)3/h8-9,14H,4-7H2,1-3H3. The number of hydrogen-bond acceptors (Lipinski definition) is 3. The number of piperazine rings is 1. The molecule has 1 fully saturated rings. The summed E-state index contributed by atoms with van der Waals surface area (Å²) in [6, 6.07) is 0.922. The summed E-state index contributed by atoms with van der Waals surface area (Å²) in [6.45, 7) is 6.04. The Hall–Kier alpha value is -0.220. The Labute approximate surface area is 91.9 Å². The van der Waals surface area contributed by atoms with E-state index in [4.69, 9.17) is 0 Å². The quantitative estimate of drug-likeness (QED) is 0.692. The zero-order chi connectivity index (χ0) is 10.7. The maximum atomic E-state index is 11.7. The van der Waals surface area contributed by atoms with E-state index in [0.29, 0.717) is 24.3 Å². The van der Waals surface area contributed by atoms with Crippen molar-refractivity contribution in [3.05, 3.63) is 0 Å². The smallest absolute Gasteiger partial charge is 0.223 e. The fourth-order valence-corrected chi connectivity index (χ4v) is 2.05. The number of carbonyl (C=O) groups is 1. The van der Waals surface area contributed by atoms with Crippen molar-refractivity contribution in [2.45, 2.75) is 32.4 Å². The molecule has 0 aliphatic carbocycles. The predicted molar refractivity (Wildman–Crippen MR) is 61.7 cm³/mol. The first-order valence-electron chi connectivity index (χ1n) is 5.16. The summed E-state index contributed by atoms with van der Waals surface area (Å²) in [4.78, 5) is 15.9. The highest BCUT2D eigenvalue weighted by molar-refractivity contribution is 7.80. The molecule has 1 rings (SSSR count). The average Bonchev–Trinajstić information content (AvgIpc) is 2.13. The first-order valence-corrected chi connectivity index (χ1v) is 5.80. The van der Waals surface area contributed by atoms with Gasteiger partial charge in [0.2, 0.25) is 5.91 Å². The van der Waals surface area contributed by atoms with E-state index < -0.39 is 0 Å². The Morgan fingerprint density at radius 2 is 1.86 bits per heavy atom. The Morgan fingerprint density at radius 3 is 2.29 bits per heavy atom. The van der Waals surface area contributed by atoms with E-state index in [1.54, 1.807) is 0 Å². The van der Waals surface area contributed by atoms with Gasteiger partial charge in [0.05, 0.1) is 0 Å². The Balaban J connectivity index is 2.53. The summed E-state index contributed by atoms with van der Waals surface area (Å²) in [5.74, 6) is 0.889. The van der Waals surface area contributed by atoms with Gasteiger partial charge in [0.15, 0.2) is 0 Å². The van der Waals surface area contributed by atoms with Crippen LogP contribution in [0.2, 0.25) is 0 Å². The van der Waals surface area contributed by atoms with Crippen molar-refractivity contribution in [3.8, 4) is 0 Å². The SMILES string of the molecule is CC1CN(C(=O)CCS)CC(C)N1C. The highest BCUT2D eigenvalue weighted by Gasteiger charge is 2.28. The van der Waals surface area contributed by atoms with Crippen molar-refractivity contribution in [1.29, 1.82) is 0 Å². The lowest BCUT2D eigenvalue weighted by Gasteiger charge is -2.42. The molecule has 0 N–H and O–H groups in total. The van der Waals surface area contributed by atoms with E-state index >= 15 is 0 Å². The third kappa shape index (κ3) is 2.64. The fourth-order valence-electron chi connectivity index (χ4n) is 1.86. The molecule has 0 saturated carbocycles. The van der Waals surface area contributed by atoms with Crippen LogP contribution in [0.25, 0.3) is 0 Å². The number of amides is 1. The highest BCUT2D eigenvalue weighted by atomic mass is 32.1. The molecule has 82 valence electrons. The second kappa shape index (κ2) is 5.03. The Kier molecular flexibility index (Phi) is 4.26. The lowest BCUT2D eigenvalue weighted by Crippen LogP contribution is -2.56. The van der Waals surface area contributed by atoms with E-state index in [-0.39, 0.29) is 5.91 Å². The summed E-state index contributed by atoms with van der Waals surface area (Å²) >= 11 is 4.08. The molecule has 0 aromatic carbocycles. The zero-order valence-electron chi connectivity index (χ0n) is 9.23. The normalized spacial score (nSPS) is 29.3. The van der Waals surface area contributed by atoms with Crippen LogP contribution in [0.1, 0.15) is 20.3 Å². The van der Waals surface area contributed by atoms with Crippen LogP contribution in [0, 0.1) is 0 Å². The molecule has 2 unspecified atom stereocenters. The van der Waals surface area contributed by atoms with E-state index in [2.05, 4.69) is 38.4 Å². The second-order valence-electron chi connectivity index (χ2n) is 4.14. The largest absolute Gasteiger partial charge is 0.340 e. The van der Waals surface area contributed by atoms with Gasteiger partial charge in [0.1, 0.15) is 0 Å². The molecule has 0 aromatic heterocycles. The lowest BCUT2D eigenvalue weighted by molar-refractivity contribution is -0.134. The summed E-state index contributed by atoms with van der Waals surface area (Å²) < 4.78 is 0. The molecule has 14 heavy (non-hydrogen) atoms. The monoisotopic (exact) mass is 216 g/mol. The summed E-state index contributed by atoms with van der Waals surface area (Å²) in [6.07, 6.45) is 0.562. The lowest BCUT2D eigenvalue weighted by atomic mass is 10.1. The molecule has 1 saturated heterocycles. The highest BCUT2D eigenvalue weighted by Crippen LogP contribution is 2.14. The fraction of sp³-hybridized carbons (Fsp3) is 0.900. The number of thiol groups is 1. The maximum absolute atomic E-state index is 11.7. The van der Waals surface area contributed by atoms with Crippen LogP contribution < -0.4 is 0 Å². The van der Waals surface area contributed by atoms with E-state index in [1.165, 1.54) is 0 Å². The third-order valence-electron chi connectivity index (χ3n) is 3.04. The number of carbonyl (C=O) groups excluding carboxylic acids is 1. The molecule has 0 aromatic rings. The van der Waals surface area contributed by atoms with Crippen molar-refractivity contribution >= 4 is 18.5 Å². The van der Waals surface area contributed by atoms with Gasteiger partial charge >= 0.3 is 0 Å². The van der Waals surface area contributed by atoms with Crippen LogP contribution in [0.5, 0.6) is 0 Å². The van der Waals surface area contributed by atoms with Crippen LogP contribution in [0.4, 0.5) is 0 Å². The molecule has 1 aliphatic heterocycles. The van der Waals surface area contributed by atoms with Gasteiger partial charge in [-0.05, 0) is 26.6 Å². The van der Waals surface area contributed by atoms with Crippen molar-refractivity contribution < 1.29 is 4.79 Å². The molecule has 4 heteroatoms. The summed E-state index contributed by atoms with van der Waals surface area (Å²) in [5.41, 5.74) is 0. The minimum absolute atomic E-state index is 0.242. The molecular weight excluding hydrogens is 196 g/mol. The van der Waals surface area contributed by atoms with E-state index in [0.717, 1.165) is 13.1 Å². The van der Waals surface area contributed by atoms with Crippen molar-refractivity contribution in [2.75, 3.05) is 25.9 Å². The van der Waals surface area contributed by atoms with Gasteiger partial charge in [0.25, 0.3) is 0 Å². The van der Waals surface area contributed by atoms with Gasteiger partial charge in [-0.1, -0.05) is 0 Å². The van der Waals surface area contributed by atoms with Gasteiger partial charge in [-0.3, -0.25) is 9.69 Å². The molecule has 0 bridgehead atoms. The zero-order valence-corrected chi connectivity index (χ0v) is 10.1. The predicted octanol–water partition coefficient (Wildman–Crippen LogP) is 0.857. The average molecular weight is 216 g/mol. The summed E-state index contributed by atoms with van der Waals surface area (Å²) in [5, 5.41) is 0. The minimum atomic E-state index is 0.242. The molecule has 1 aliphatic rings. The molecule has 1 amide bonds. The molecule has 1 heterocycles. The van der Waals surface area contributed by atoms with Gasteiger partial charge in [-0.2, -0.15) is 12.6 Å². The molecule has 0 radical (unpaired) electrons. The number of hydrogen-bond donors (Lipinski definition) is 1. The van der Waals surface area contributed by atoms with Crippen LogP contribution in [-0.2, 0) is 4.79 Å². The second-order valence-corrected chi connectivity index (χ2v) is 4.58. The van der Waals surface area contributed by atoms with E-state index in [9.17, 15) is 4.79 Å². The Bertz CT molecular complexity index is 198. The first-order chi connectivity index (χ1) is 6.56.